The smallest absolute Gasteiger partial charge is 0.326 e. The molecular formula is C57H83N15O11. The average Bonchev–Trinajstić information content (AvgIpc) is 4.25. The Kier molecular flexibility index (Phi) is 27.5. The summed E-state index contributed by atoms with van der Waals surface area (Å²) in [5.41, 5.74) is 19.6. The molecular weight excluding hydrogens is 1070 g/mol. The number of nitrogens with one attached hydrogen (secondary N) is 10. The molecule has 17 N–H and O–H groups in total. The molecule has 9 amide bonds. The first kappa shape index (κ1) is 67.0. The number of nitrogens with zero attached hydrogens (tertiary/aromatic N) is 2. The highest BCUT2D eigenvalue weighted by Gasteiger charge is 2.37. The predicted octanol–water partition coefficient (Wildman–Crippen LogP) is -0.554. The maximum absolute atomic E-state index is 14.5. The van der Waals surface area contributed by atoms with Crippen LogP contribution in [-0.2, 0) is 73.6 Å². The minimum atomic E-state index is -1.53. The van der Waals surface area contributed by atoms with Gasteiger partial charge in [0.15, 0.2) is 0 Å². The number of hydrogen-bond donors (Lipinski definition) is 14. The van der Waals surface area contributed by atoms with Crippen molar-refractivity contribution in [3.05, 3.63) is 108 Å². The zero-order chi connectivity index (χ0) is 61.2. The second-order valence-electron chi connectivity index (χ2n) is 21.6. The van der Waals surface area contributed by atoms with Gasteiger partial charge in [0.25, 0.3) is 0 Å². The third-order valence-corrected chi connectivity index (χ3v) is 13.5. The summed E-state index contributed by atoms with van der Waals surface area (Å²) in [6.45, 7) is 10.7. The third-order valence-electron chi connectivity index (χ3n) is 13.5. The number of primary amides is 1. The number of carbonyl (C=O) groups is 10. The number of unbranched alkanes of at least 4 members (excludes halogenated alkanes) is 1. The Bertz CT molecular complexity index is 2730. The number of H-pyrrole nitrogens is 2. The number of hydrogen-bond acceptors (Lipinski definition) is 14. The molecule has 4 rings (SSSR count). The number of nitrogens with two attached hydrogens (primary N) is 3. The molecule has 0 bridgehead atoms. The molecule has 0 aliphatic heterocycles. The molecule has 2 heterocycles. The zero-order valence-electron chi connectivity index (χ0n) is 47.9. The third kappa shape index (κ3) is 23.1. The van der Waals surface area contributed by atoms with Gasteiger partial charge >= 0.3 is 5.97 Å². The van der Waals surface area contributed by atoms with Crippen molar-refractivity contribution in [1.82, 2.24) is 62.5 Å². The molecule has 452 valence electrons. The lowest BCUT2D eigenvalue weighted by atomic mass is 9.98. The van der Waals surface area contributed by atoms with E-state index in [0.29, 0.717) is 35.4 Å². The van der Waals surface area contributed by atoms with Crippen LogP contribution < -0.4 is 59.7 Å². The van der Waals surface area contributed by atoms with Gasteiger partial charge < -0.3 is 74.8 Å². The second-order valence-corrected chi connectivity index (χ2v) is 21.6. The molecule has 2 aromatic heterocycles. The van der Waals surface area contributed by atoms with Gasteiger partial charge in [0.05, 0.1) is 18.7 Å². The minimum absolute atomic E-state index is 0.000331. The Morgan fingerprint density at radius 2 is 0.904 bits per heavy atom. The van der Waals surface area contributed by atoms with Gasteiger partial charge in [-0.15, -0.1) is 0 Å². The van der Waals surface area contributed by atoms with E-state index in [1.54, 1.807) is 102 Å². The highest BCUT2D eigenvalue weighted by molar-refractivity contribution is 5.98. The lowest BCUT2D eigenvalue weighted by Crippen LogP contribution is -2.61. The standard InChI is InChI=1S/C57H83N15O11/c1-32(2)23-41(54(79)72-48(34(5)6)56(81)70-42(24-35-15-9-7-10-16-35)51(76)71-45(57(82)83)25-36-17-11-8-12-18-36)67-49(74)39(19-13-14-22-58)65-50(75)40(20-21-46(59)73)66-52(77)43(26-37-28-61-30-63-37)68-53(78)44(27-38-29-62-31-64-38)69-55(80)47(60)33(3)4/h7-12,15-18,28-34,39-45,47-48H,13-14,19-27,58,60H2,1-6H3,(H2,59,73)(H,61,63)(H,62,64)(H,65,75)(H,66,77)(H,67,74)(H,68,78)(H,69,80)(H,70,81)(H,71,76)(H,72,79)(H,82,83). The molecule has 0 aliphatic rings. The number of aromatic nitrogens is 4. The number of carboxylic acids is 1. The van der Waals surface area contributed by atoms with Crippen molar-refractivity contribution < 1.29 is 53.1 Å². The molecule has 26 nitrogen and oxygen atoms in total. The first-order valence-corrected chi connectivity index (χ1v) is 27.9. The zero-order valence-corrected chi connectivity index (χ0v) is 47.9. The fraction of sp³-hybridized carbons (Fsp3) is 0.509. The summed E-state index contributed by atoms with van der Waals surface area (Å²) in [5.74, 6) is -9.52. The van der Waals surface area contributed by atoms with Crippen LogP contribution in [-0.4, -0.2) is 145 Å². The van der Waals surface area contributed by atoms with E-state index < -0.39 is 126 Å². The first-order valence-electron chi connectivity index (χ1n) is 27.9. The molecule has 0 saturated heterocycles. The SMILES string of the molecule is CC(C)CC(NC(=O)C(CCCCN)NC(=O)C(CCC(N)=O)NC(=O)C(Cc1cnc[nH]1)NC(=O)C(Cc1cnc[nH]1)NC(=O)C(N)C(C)C)C(=O)NC(C(=O)NC(Cc1ccccc1)C(=O)NC(Cc1ccccc1)C(=O)O)C(C)C. The molecule has 4 aromatic rings. The van der Waals surface area contributed by atoms with Crippen molar-refractivity contribution >= 4 is 59.1 Å². The highest BCUT2D eigenvalue weighted by Crippen LogP contribution is 2.14. The van der Waals surface area contributed by atoms with Gasteiger partial charge in [-0.2, -0.15) is 0 Å². The van der Waals surface area contributed by atoms with Crippen molar-refractivity contribution in [2.75, 3.05) is 6.54 Å². The van der Waals surface area contributed by atoms with Crippen LogP contribution in [0.4, 0.5) is 0 Å². The van der Waals surface area contributed by atoms with Gasteiger partial charge in [-0.3, -0.25) is 43.2 Å². The molecule has 0 fully saturated rings. The van der Waals surface area contributed by atoms with E-state index in [9.17, 15) is 53.1 Å². The van der Waals surface area contributed by atoms with Crippen LogP contribution in [0, 0.1) is 17.8 Å². The molecule has 2 aromatic carbocycles. The van der Waals surface area contributed by atoms with Crippen molar-refractivity contribution in [3.8, 4) is 0 Å². The van der Waals surface area contributed by atoms with E-state index in [1.807, 2.05) is 0 Å². The second kappa shape index (κ2) is 34.0. The van der Waals surface area contributed by atoms with Crippen molar-refractivity contribution in [1.29, 1.82) is 0 Å². The summed E-state index contributed by atoms with van der Waals surface area (Å²) in [4.78, 5) is 151. The number of carbonyl (C=O) groups excluding carboxylic acids is 9. The Hall–Kier alpha value is -8.52. The molecule has 9 atom stereocenters. The maximum atomic E-state index is 14.5. The van der Waals surface area contributed by atoms with Gasteiger partial charge in [-0.05, 0) is 67.5 Å². The van der Waals surface area contributed by atoms with E-state index in [4.69, 9.17) is 17.2 Å². The molecule has 83 heavy (non-hydrogen) atoms. The van der Waals surface area contributed by atoms with E-state index in [-0.39, 0.29) is 63.3 Å². The molecule has 26 heteroatoms. The fourth-order valence-electron chi connectivity index (χ4n) is 8.76. The van der Waals surface area contributed by atoms with Gasteiger partial charge in [0.1, 0.15) is 48.3 Å². The van der Waals surface area contributed by atoms with Crippen LogP contribution in [0.25, 0.3) is 0 Å². The number of imidazole rings is 2. The van der Waals surface area contributed by atoms with Crippen LogP contribution in [0.5, 0.6) is 0 Å². The van der Waals surface area contributed by atoms with E-state index in [0.717, 1.165) is 0 Å². The first-order chi connectivity index (χ1) is 39.4. The van der Waals surface area contributed by atoms with Crippen molar-refractivity contribution in [2.24, 2.45) is 35.0 Å². The van der Waals surface area contributed by atoms with Gasteiger partial charge in [0, 0.05) is 55.9 Å². The van der Waals surface area contributed by atoms with Crippen LogP contribution in [0.2, 0.25) is 0 Å². The minimum Gasteiger partial charge on any atom is -0.480 e. The highest BCUT2D eigenvalue weighted by atomic mass is 16.4. The summed E-state index contributed by atoms with van der Waals surface area (Å²) in [7, 11) is 0. The lowest BCUT2D eigenvalue weighted by molar-refractivity contribution is -0.142. The summed E-state index contributed by atoms with van der Waals surface area (Å²) in [6, 6.07) is 5.73. The van der Waals surface area contributed by atoms with Crippen molar-refractivity contribution in [2.45, 2.75) is 160 Å². The van der Waals surface area contributed by atoms with Crippen LogP contribution >= 0.6 is 0 Å². The van der Waals surface area contributed by atoms with Gasteiger partial charge in [-0.25, -0.2) is 14.8 Å². The summed E-state index contributed by atoms with van der Waals surface area (Å²) in [5, 5.41) is 31.5. The Labute approximate surface area is 483 Å². The maximum Gasteiger partial charge on any atom is 0.326 e. The van der Waals surface area contributed by atoms with Crippen LogP contribution in [0.1, 0.15) is 103 Å². The molecule has 0 saturated carbocycles. The van der Waals surface area contributed by atoms with E-state index >= 15 is 0 Å². The number of rotatable bonds is 36. The monoisotopic (exact) mass is 1150 g/mol. The number of benzene rings is 2. The fourth-order valence-corrected chi connectivity index (χ4v) is 8.76. The number of amides is 9. The van der Waals surface area contributed by atoms with E-state index in [2.05, 4.69) is 62.5 Å². The van der Waals surface area contributed by atoms with Gasteiger partial charge in [0.2, 0.25) is 53.2 Å². The lowest BCUT2D eigenvalue weighted by Gasteiger charge is -2.29. The van der Waals surface area contributed by atoms with Crippen molar-refractivity contribution in [3.63, 3.8) is 0 Å². The van der Waals surface area contributed by atoms with Crippen LogP contribution in [0.3, 0.4) is 0 Å². The summed E-state index contributed by atoms with van der Waals surface area (Å²) < 4.78 is 0. The quantitative estimate of drug-likeness (QED) is 0.0254. The topological polar surface area (TPSA) is 423 Å². The van der Waals surface area contributed by atoms with E-state index in [1.165, 1.54) is 25.0 Å². The molecule has 9 unspecified atom stereocenters. The Morgan fingerprint density at radius 3 is 1.34 bits per heavy atom. The molecule has 0 radical (unpaired) electrons. The van der Waals surface area contributed by atoms with Crippen LogP contribution in [0.15, 0.2) is 85.7 Å². The number of carboxylic acid groups (broad SMARTS) is 1. The normalized spacial score (nSPS) is 14.5. The molecule has 0 spiro atoms. The average molecular weight is 1150 g/mol. The predicted molar refractivity (Wildman–Crippen MR) is 306 cm³/mol. The summed E-state index contributed by atoms with van der Waals surface area (Å²) in [6.07, 6.45) is 5.36. The largest absolute Gasteiger partial charge is 0.480 e. The Balaban J connectivity index is 1.57. The number of aromatic amines is 2. The molecule has 0 aliphatic carbocycles. The number of aliphatic carboxylic acids is 1. The Morgan fingerprint density at radius 1 is 0.494 bits per heavy atom. The summed E-state index contributed by atoms with van der Waals surface area (Å²) >= 11 is 0. The van der Waals surface area contributed by atoms with Gasteiger partial charge in [-0.1, -0.05) is 102 Å².